The topological polar surface area (TPSA) is 125 Å². The van der Waals surface area contributed by atoms with E-state index in [4.69, 9.17) is 0 Å². The van der Waals surface area contributed by atoms with Crippen molar-refractivity contribution in [3.05, 3.63) is 75.6 Å². The Morgan fingerprint density at radius 3 is 2.33 bits per heavy atom. The number of nitro benzene ring substituents is 1. The maximum atomic E-state index is 12.8. The molecule has 2 aromatic rings. The molecule has 0 bridgehead atoms. The number of amides is 2. The van der Waals surface area contributed by atoms with Crippen LogP contribution in [0.3, 0.4) is 0 Å². The van der Waals surface area contributed by atoms with E-state index in [1.165, 1.54) is 36.4 Å². The highest BCUT2D eigenvalue weighted by molar-refractivity contribution is 5.74. The number of rotatable bonds is 8. The molecule has 0 unspecified atom stereocenters. The summed E-state index contributed by atoms with van der Waals surface area (Å²) in [5.41, 5.74) is 1.05. The van der Waals surface area contributed by atoms with Crippen molar-refractivity contribution in [3.63, 3.8) is 0 Å². The van der Waals surface area contributed by atoms with Crippen molar-refractivity contribution in [2.24, 2.45) is 0 Å². The van der Waals surface area contributed by atoms with Crippen LogP contribution in [-0.4, -0.2) is 40.4 Å². The number of nitrogens with zero attached hydrogens (tertiary/aromatic N) is 1. The highest BCUT2D eigenvalue weighted by Crippen LogP contribution is 2.20. The molecule has 0 fully saturated rings. The summed E-state index contributed by atoms with van der Waals surface area (Å²) in [6.45, 7) is -0.243. The Morgan fingerprint density at radius 2 is 1.78 bits per heavy atom. The molecule has 0 aliphatic rings. The molecule has 144 valence electrons. The van der Waals surface area contributed by atoms with Crippen LogP contribution in [-0.2, 0) is 6.42 Å². The Hall–Kier alpha value is -3.04. The van der Waals surface area contributed by atoms with Gasteiger partial charge in [0.25, 0.3) is 5.69 Å². The van der Waals surface area contributed by atoms with Crippen LogP contribution in [0.2, 0.25) is 0 Å². The van der Waals surface area contributed by atoms with Crippen molar-refractivity contribution in [1.29, 1.82) is 0 Å². The molecular formula is C18H20FN3O5. The molecule has 8 nitrogen and oxygen atoms in total. The molecule has 9 heteroatoms. The normalized spacial score (nSPS) is 12.9. The second-order valence-electron chi connectivity index (χ2n) is 5.86. The zero-order valence-corrected chi connectivity index (χ0v) is 14.3. The van der Waals surface area contributed by atoms with E-state index in [2.05, 4.69) is 10.6 Å². The van der Waals surface area contributed by atoms with E-state index in [0.29, 0.717) is 12.0 Å². The molecule has 0 heterocycles. The van der Waals surface area contributed by atoms with Gasteiger partial charge in [-0.1, -0.05) is 12.1 Å². The second-order valence-corrected chi connectivity index (χ2v) is 5.86. The van der Waals surface area contributed by atoms with Crippen molar-refractivity contribution in [2.75, 3.05) is 13.2 Å². The Bertz CT molecular complexity index is 768. The number of carbonyl (C=O) groups excluding carboxylic acids is 1. The number of nitrogens with one attached hydrogen (secondary N) is 2. The van der Waals surface area contributed by atoms with Crippen LogP contribution in [0.15, 0.2) is 48.5 Å². The minimum absolute atomic E-state index is 0.127. The summed E-state index contributed by atoms with van der Waals surface area (Å²) in [7, 11) is 0. The van der Waals surface area contributed by atoms with Gasteiger partial charge in [0.2, 0.25) is 0 Å². The van der Waals surface area contributed by atoms with Crippen molar-refractivity contribution in [3.8, 4) is 0 Å². The van der Waals surface area contributed by atoms with Gasteiger partial charge >= 0.3 is 6.03 Å². The molecule has 2 amide bonds. The third-order valence-electron chi connectivity index (χ3n) is 3.95. The number of hydrogen-bond donors (Lipinski definition) is 4. The summed E-state index contributed by atoms with van der Waals surface area (Å²) < 4.78 is 12.8. The SMILES string of the molecule is O=C(NCCc1ccc(F)cc1)N[C@@H](CO)[C@H](O)c1ccc([N+](=O)[O-])cc1. The summed E-state index contributed by atoms with van der Waals surface area (Å²) in [5, 5.41) is 35.4. The third kappa shape index (κ3) is 6.01. The fourth-order valence-electron chi connectivity index (χ4n) is 2.44. The highest BCUT2D eigenvalue weighted by atomic mass is 19.1. The number of nitro groups is 1. The maximum absolute atomic E-state index is 12.8. The van der Waals surface area contributed by atoms with E-state index in [1.54, 1.807) is 12.1 Å². The van der Waals surface area contributed by atoms with Crippen LogP contribution in [0.4, 0.5) is 14.9 Å². The number of aliphatic hydroxyl groups excluding tert-OH is 2. The van der Waals surface area contributed by atoms with Gasteiger partial charge in [0.1, 0.15) is 11.9 Å². The average Bonchev–Trinajstić information content (AvgIpc) is 2.67. The number of benzene rings is 2. The molecule has 0 saturated heterocycles. The molecule has 0 aromatic heterocycles. The van der Waals surface area contributed by atoms with Crippen molar-refractivity contribution in [1.82, 2.24) is 10.6 Å². The van der Waals surface area contributed by atoms with Gasteiger partial charge in [-0.25, -0.2) is 9.18 Å². The smallest absolute Gasteiger partial charge is 0.315 e. The first-order valence-corrected chi connectivity index (χ1v) is 8.23. The van der Waals surface area contributed by atoms with Gasteiger partial charge in [-0.2, -0.15) is 0 Å². The Balaban J connectivity index is 1.85. The number of non-ortho nitro benzene ring substituents is 1. The average molecular weight is 377 g/mol. The summed E-state index contributed by atoms with van der Waals surface area (Å²) in [6, 6.07) is 9.50. The number of aliphatic hydroxyl groups is 2. The highest BCUT2D eigenvalue weighted by Gasteiger charge is 2.22. The van der Waals surface area contributed by atoms with E-state index >= 15 is 0 Å². The molecule has 0 aliphatic heterocycles. The van der Waals surface area contributed by atoms with Crippen LogP contribution < -0.4 is 10.6 Å². The Morgan fingerprint density at radius 1 is 1.15 bits per heavy atom. The van der Waals surface area contributed by atoms with E-state index < -0.39 is 29.7 Å². The second kappa shape index (κ2) is 9.60. The first-order chi connectivity index (χ1) is 12.9. The molecule has 0 saturated carbocycles. The number of hydrogen-bond acceptors (Lipinski definition) is 5. The zero-order valence-electron chi connectivity index (χ0n) is 14.3. The minimum Gasteiger partial charge on any atom is -0.394 e. The monoisotopic (exact) mass is 377 g/mol. The van der Waals surface area contributed by atoms with Gasteiger partial charge in [0.05, 0.1) is 17.6 Å². The standard InChI is InChI=1S/C18H20FN3O5/c19-14-5-1-12(2-6-14)9-10-20-18(25)21-16(11-23)17(24)13-3-7-15(8-4-13)22(26)27/h1-8,16-17,23-24H,9-11H2,(H2,20,21,25)/t16-,17+/m0/s1. The number of carbonyl (C=O) groups is 1. The predicted octanol–water partition coefficient (Wildman–Crippen LogP) is 1.67. The third-order valence-corrected chi connectivity index (χ3v) is 3.95. The predicted molar refractivity (Wildman–Crippen MR) is 95.6 cm³/mol. The lowest BCUT2D eigenvalue weighted by molar-refractivity contribution is -0.384. The lowest BCUT2D eigenvalue weighted by atomic mass is 10.0. The molecule has 2 atom stereocenters. The minimum atomic E-state index is -1.24. The molecule has 2 rings (SSSR count). The molecule has 27 heavy (non-hydrogen) atoms. The molecule has 0 spiro atoms. The van der Waals surface area contributed by atoms with Gasteiger partial charge in [0.15, 0.2) is 0 Å². The zero-order chi connectivity index (χ0) is 19.8. The van der Waals surface area contributed by atoms with Crippen LogP contribution in [0.25, 0.3) is 0 Å². The fraction of sp³-hybridized carbons (Fsp3) is 0.278. The van der Waals surface area contributed by atoms with E-state index in [1.807, 2.05) is 0 Å². The van der Waals surface area contributed by atoms with Gasteiger partial charge < -0.3 is 20.8 Å². The largest absolute Gasteiger partial charge is 0.394 e. The molecular weight excluding hydrogens is 357 g/mol. The van der Waals surface area contributed by atoms with Gasteiger partial charge in [-0.05, 0) is 41.8 Å². The summed E-state index contributed by atoms with van der Waals surface area (Å²) in [5.74, 6) is -0.338. The first-order valence-electron chi connectivity index (χ1n) is 8.23. The summed E-state index contributed by atoms with van der Waals surface area (Å²) >= 11 is 0. The molecule has 0 radical (unpaired) electrons. The van der Waals surface area contributed by atoms with Crippen LogP contribution in [0, 0.1) is 15.9 Å². The first kappa shape index (κ1) is 20.3. The quantitative estimate of drug-likeness (QED) is 0.411. The van der Waals surface area contributed by atoms with E-state index in [-0.39, 0.29) is 18.0 Å². The van der Waals surface area contributed by atoms with Gasteiger partial charge in [-0.3, -0.25) is 10.1 Å². The Kier molecular flexibility index (Phi) is 7.21. The van der Waals surface area contributed by atoms with E-state index in [0.717, 1.165) is 5.56 Å². The van der Waals surface area contributed by atoms with Gasteiger partial charge in [-0.15, -0.1) is 0 Å². The van der Waals surface area contributed by atoms with Crippen molar-refractivity contribution >= 4 is 11.7 Å². The van der Waals surface area contributed by atoms with Crippen molar-refractivity contribution < 1.29 is 24.3 Å². The van der Waals surface area contributed by atoms with Gasteiger partial charge in [0, 0.05) is 18.7 Å². The summed E-state index contributed by atoms with van der Waals surface area (Å²) in [6.07, 6.45) is -0.749. The molecule has 4 N–H and O–H groups in total. The maximum Gasteiger partial charge on any atom is 0.315 e. The summed E-state index contributed by atoms with van der Waals surface area (Å²) in [4.78, 5) is 22.0. The molecule has 2 aromatic carbocycles. The lowest BCUT2D eigenvalue weighted by Crippen LogP contribution is -2.47. The lowest BCUT2D eigenvalue weighted by Gasteiger charge is -2.22. The Labute approximate surface area is 154 Å². The molecule has 0 aliphatic carbocycles. The number of urea groups is 1. The van der Waals surface area contributed by atoms with Crippen molar-refractivity contribution in [2.45, 2.75) is 18.6 Å². The van der Waals surface area contributed by atoms with E-state index in [9.17, 15) is 29.5 Å². The fourth-order valence-corrected chi connectivity index (χ4v) is 2.44. The van der Waals surface area contributed by atoms with Crippen LogP contribution in [0.5, 0.6) is 0 Å². The van der Waals surface area contributed by atoms with Crippen LogP contribution in [0.1, 0.15) is 17.2 Å². The number of halogens is 1. The van der Waals surface area contributed by atoms with Crippen LogP contribution >= 0.6 is 0 Å².